The summed E-state index contributed by atoms with van der Waals surface area (Å²) in [6.45, 7) is 18.0. The van der Waals surface area contributed by atoms with E-state index in [0.29, 0.717) is 0 Å². The molecule has 1 unspecified atom stereocenters. The lowest BCUT2D eigenvalue weighted by molar-refractivity contribution is 0.236. The highest BCUT2D eigenvalue weighted by atomic mass is 15.4. The Balaban J connectivity index is 1.97. The maximum absolute atomic E-state index is 4.58. The van der Waals surface area contributed by atoms with Crippen molar-refractivity contribution in [2.45, 2.75) is 65.6 Å². The third-order valence-corrected chi connectivity index (χ3v) is 6.84. The molecule has 1 aliphatic heterocycles. The highest BCUT2D eigenvalue weighted by molar-refractivity contribution is 5.44. The summed E-state index contributed by atoms with van der Waals surface area (Å²) in [5.74, 6) is 0.991. The van der Waals surface area contributed by atoms with E-state index < -0.39 is 0 Å². The van der Waals surface area contributed by atoms with Crippen molar-refractivity contribution >= 4 is 5.69 Å². The van der Waals surface area contributed by atoms with Gasteiger partial charge in [0.1, 0.15) is 17.7 Å². The molecule has 1 atom stereocenters. The summed E-state index contributed by atoms with van der Waals surface area (Å²) in [6, 6.07) is 8.71. The second kappa shape index (κ2) is 12.4. The first-order valence-electron chi connectivity index (χ1n) is 12.7. The Morgan fingerprint density at radius 2 is 2.03 bits per heavy atom. The molecule has 5 heteroatoms. The van der Waals surface area contributed by atoms with Gasteiger partial charge in [-0.3, -0.25) is 0 Å². The lowest BCUT2D eigenvalue weighted by Crippen LogP contribution is -2.39. The minimum Gasteiger partial charge on any atom is -0.388 e. The number of nitrogens with zero attached hydrogens (tertiary/aromatic N) is 2. The molecule has 34 heavy (non-hydrogen) atoms. The predicted molar refractivity (Wildman–Crippen MR) is 146 cm³/mol. The quantitative estimate of drug-likeness (QED) is 0.333. The molecular formula is C29H43N5. The molecule has 5 nitrogen and oxygen atoms in total. The molecule has 0 fully saturated rings. The average Bonchev–Trinajstić information content (AvgIpc) is 3.17. The number of benzene rings is 1. The first-order chi connectivity index (χ1) is 16.5. The number of anilines is 1. The number of unbranched alkanes of at least 4 members (excludes halogenated alkanes) is 1. The molecule has 0 amide bonds. The van der Waals surface area contributed by atoms with Crippen molar-refractivity contribution in [3.05, 3.63) is 89.7 Å². The molecule has 0 aromatic heterocycles. The Labute approximate surface area is 207 Å². The Hall–Kier alpha value is -3.08. The van der Waals surface area contributed by atoms with E-state index in [1.165, 1.54) is 23.1 Å². The van der Waals surface area contributed by atoms with Gasteiger partial charge in [0.15, 0.2) is 0 Å². The standard InChI is InChI=1S/C29H43N5/c1-7-10-19-33(9-3)23(5)28-29(31-8-2)32-27(20-25-14-12-11-13-22(25)4)34(28)21-24-15-17-26(30-6)18-16-24/h8,12,14-18,27,30-32H,2,5,7,9-11,13,19-21H2,1,3-4,6H3. The lowest BCUT2D eigenvalue weighted by atomic mass is 9.95. The van der Waals surface area contributed by atoms with Crippen LogP contribution in [-0.4, -0.2) is 36.1 Å². The molecule has 0 saturated carbocycles. The Bertz CT molecular complexity index is 938. The normalized spacial score (nSPS) is 17.6. The van der Waals surface area contributed by atoms with Crippen LogP contribution in [0.3, 0.4) is 0 Å². The predicted octanol–water partition coefficient (Wildman–Crippen LogP) is 6.05. The van der Waals surface area contributed by atoms with E-state index in [-0.39, 0.29) is 6.17 Å². The van der Waals surface area contributed by atoms with Crippen LogP contribution in [0, 0.1) is 0 Å². The largest absolute Gasteiger partial charge is 0.388 e. The minimum atomic E-state index is 0.135. The van der Waals surface area contributed by atoms with Gasteiger partial charge >= 0.3 is 0 Å². The smallest absolute Gasteiger partial charge is 0.131 e. The Morgan fingerprint density at radius 1 is 1.26 bits per heavy atom. The van der Waals surface area contributed by atoms with Gasteiger partial charge in [0, 0.05) is 38.8 Å². The van der Waals surface area contributed by atoms with Crippen molar-refractivity contribution in [1.29, 1.82) is 0 Å². The highest BCUT2D eigenvalue weighted by Gasteiger charge is 2.34. The zero-order valence-electron chi connectivity index (χ0n) is 21.6. The highest BCUT2D eigenvalue weighted by Crippen LogP contribution is 2.33. The molecule has 0 spiro atoms. The van der Waals surface area contributed by atoms with Crippen LogP contribution in [0.5, 0.6) is 0 Å². The van der Waals surface area contributed by atoms with E-state index in [2.05, 4.69) is 96.1 Å². The van der Waals surface area contributed by atoms with Gasteiger partial charge in [0.05, 0.1) is 5.70 Å². The summed E-state index contributed by atoms with van der Waals surface area (Å²) in [7, 11) is 1.96. The number of hydrogen-bond donors (Lipinski definition) is 3. The van der Waals surface area contributed by atoms with Crippen molar-refractivity contribution in [2.75, 3.05) is 25.5 Å². The lowest BCUT2D eigenvalue weighted by Gasteiger charge is -2.34. The summed E-state index contributed by atoms with van der Waals surface area (Å²) in [4.78, 5) is 4.88. The maximum Gasteiger partial charge on any atom is 0.131 e. The zero-order valence-corrected chi connectivity index (χ0v) is 21.6. The van der Waals surface area contributed by atoms with Crippen LogP contribution < -0.4 is 16.0 Å². The molecule has 2 aliphatic rings. The van der Waals surface area contributed by atoms with Crippen LogP contribution >= 0.6 is 0 Å². The molecule has 0 saturated heterocycles. The third kappa shape index (κ3) is 6.07. The molecule has 1 aliphatic carbocycles. The average molecular weight is 462 g/mol. The molecule has 0 bridgehead atoms. The first-order valence-corrected chi connectivity index (χ1v) is 12.7. The van der Waals surface area contributed by atoms with E-state index in [0.717, 1.165) is 68.2 Å². The van der Waals surface area contributed by atoms with Crippen LogP contribution in [0.15, 0.2) is 84.1 Å². The number of hydrogen-bond acceptors (Lipinski definition) is 5. The van der Waals surface area contributed by atoms with E-state index in [1.807, 2.05) is 7.05 Å². The molecule has 0 radical (unpaired) electrons. The summed E-state index contributed by atoms with van der Waals surface area (Å²) >= 11 is 0. The SMILES string of the molecule is C=CNC1=C(C(=C)N(CC)CCCC)N(Cc2ccc(NC)cc2)C(CC2=C(C)CCC=C2)N1. The van der Waals surface area contributed by atoms with Gasteiger partial charge in [-0.05, 0) is 62.6 Å². The number of likely N-dealkylation sites (N-methyl/N-ethyl adjacent to an activating group) is 1. The number of nitrogens with one attached hydrogen (secondary N) is 3. The fourth-order valence-electron chi connectivity index (χ4n) is 4.72. The van der Waals surface area contributed by atoms with Gasteiger partial charge in [-0.15, -0.1) is 0 Å². The van der Waals surface area contributed by atoms with E-state index in [4.69, 9.17) is 0 Å². The van der Waals surface area contributed by atoms with Crippen molar-refractivity contribution < 1.29 is 0 Å². The summed E-state index contributed by atoms with van der Waals surface area (Å²) in [5.41, 5.74) is 7.52. The monoisotopic (exact) mass is 461 g/mol. The molecule has 184 valence electrons. The van der Waals surface area contributed by atoms with Crippen molar-refractivity contribution in [2.24, 2.45) is 0 Å². The number of allylic oxidation sites excluding steroid dienone is 3. The van der Waals surface area contributed by atoms with Crippen LogP contribution in [-0.2, 0) is 6.54 Å². The topological polar surface area (TPSA) is 42.6 Å². The molecule has 1 aromatic carbocycles. The van der Waals surface area contributed by atoms with Crippen LogP contribution in [0.25, 0.3) is 0 Å². The van der Waals surface area contributed by atoms with Gasteiger partial charge in [-0.25, -0.2) is 0 Å². The van der Waals surface area contributed by atoms with E-state index in [9.17, 15) is 0 Å². The van der Waals surface area contributed by atoms with E-state index >= 15 is 0 Å². The zero-order chi connectivity index (χ0) is 24.5. The maximum atomic E-state index is 4.58. The van der Waals surface area contributed by atoms with Crippen LogP contribution in [0.2, 0.25) is 0 Å². The van der Waals surface area contributed by atoms with E-state index in [1.54, 1.807) is 6.20 Å². The summed E-state index contributed by atoms with van der Waals surface area (Å²) in [6.07, 6.45) is 12.1. The van der Waals surface area contributed by atoms with Crippen LogP contribution in [0.1, 0.15) is 58.4 Å². The molecule has 3 rings (SSSR count). The van der Waals surface area contributed by atoms with Crippen molar-refractivity contribution in [3.8, 4) is 0 Å². The van der Waals surface area contributed by atoms with Gasteiger partial charge in [-0.1, -0.05) is 56.4 Å². The van der Waals surface area contributed by atoms with Gasteiger partial charge < -0.3 is 25.8 Å². The van der Waals surface area contributed by atoms with Crippen LogP contribution in [0.4, 0.5) is 5.69 Å². The Morgan fingerprint density at radius 3 is 2.65 bits per heavy atom. The fraction of sp³-hybridized carbons (Fsp3) is 0.448. The second-order valence-corrected chi connectivity index (χ2v) is 9.14. The number of rotatable bonds is 13. The fourth-order valence-corrected chi connectivity index (χ4v) is 4.72. The van der Waals surface area contributed by atoms with Gasteiger partial charge in [0.2, 0.25) is 0 Å². The molecule has 3 N–H and O–H groups in total. The molecular weight excluding hydrogens is 418 g/mol. The third-order valence-electron chi connectivity index (χ3n) is 6.84. The van der Waals surface area contributed by atoms with Gasteiger partial charge in [0.25, 0.3) is 0 Å². The Kier molecular flexibility index (Phi) is 9.32. The minimum absolute atomic E-state index is 0.135. The summed E-state index contributed by atoms with van der Waals surface area (Å²) in [5, 5.41) is 10.4. The first kappa shape index (κ1) is 25.5. The van der Waals surface area contributed by atoms with Gasteiger partial charge in [-0.2, -0.15) is 0 Å². The van der Waals surface area contributed by atoms with Crippen molar-refractivity contribution in [1.82, 2.24) is 20.4 Å². The second-order valence-electron chi connectivity index (χ2n) is 9.14. The van der Waals surface area contributed by atoms with Crippen molar-refractivity contribution in [3.63, 3.8) is 0 Å². The molecule has 1 heterocycles. The molecule has 1 aromatic rings. The summed E-state index contributed by atoms with van der Waals surface area (Å²) < 4.78 is 0.